The normalized spacial score (nSPS) is 33.5. The zero-order chi connectivity index (χ0) is 69.8. The number of cyclic esters (lactones) is 1. The molecule has 3 saturated heterocycles. The van der Waals surface area contributed by atoms with Gasteiger partial charge >= 0.3 is 5.97 Å². The predicted octanol–water partition coefficient (Wildman–Crippen LogP) is 1.79. The Kier molecular flexibility index (Phi) is 34.4. The Hall–Kier alpha value is -5.69. The van der Waals surface area contributed by atoms with Crippen LogP contribution < -0.4 is 21.3 Å². The van der Waals surface area contributed by atoms with E-state index >= 15 is 0 Å². The first-order valence-electron chi connectivity index (χ1n) is 33.3. The fourth-order valence-corrected chi connectivity index (χ4v) is 12.3. The number of aliphatic hydroxyl groups is 10. The van der Waals surface area contributed by atoms with Crippen molar-refractivity contribution in [3.8, 4) is 0 Å². The van der Waals surface area contributed by atoms with Crippen molar-refractivity contribution in [2.75, 3.05) is 65.7 Å². The number of hydrogen-bond donors (Lipinski definition) is 14. The number of rotatable bonds is 17. The van der Waals surface area contributed by atoms with Crippen LogP contribution in [0, 0.1) is 17.8 Å². The summed E-state index contributed by atoms with van der Waals surface area (Å²) in [5.74, 6) is -7.05. The number of amides is 2. The Morgan fingerprint density at radius 3 is 1.98 bits per heavy atom. The molecule has 0 aliphatic carbocycles. The van der Waals surface area contributed by atoms with E-state index in [0.717, 1.165) is 5.69 Å². The molecule has 15 unspecified atom stereocenters. The molecular weight excluding hydrogens is 1230 g/mol. The van der Waals surface area contributed by atoms with Crippen LogP contribution in [0.5, 0.6) is 0 Å². The summed E-state index contributed by atoms with van der Waals surface area (Å²) in [6.07, 6.45) is 2.23. The summed E-state index contributed by atoms with van der Waals surface area (Å²) < 4.78 is 24.8. The molecule has 3 fully saturated rings. The third-order valence-corrected chi connectivity index (χ3v) is 17.3. The highest BCUT2D eigenvalue weighted by molar-refractivity contribution is 5.96. The highest BCUT2D eigenvalue weighted by atomic mass is 16.7. The predicted molar refractivity (Wildman–Crippen MR) is 357 cm³/mol. The van der Waals surface area contributed by atoms with E-state index < -0.39 is 178 Å². The minimum atomic E-state index is -2.32. The van der Waals surface area contributed by atoms with E-state index in [1.807, 2.05) is 50.7 Å². The molecule has 0 saturated carbocycles. The molecule has 532 valence electrons. The number of piperazine rings is 1. The molecule has 1 aromatic carbocycles. The fraction of sp³-hybridized carbons (Fsp3) is 0.643. The van der Waals surface area contributed by atoms with Crippen LogP contribution in [-0.2, 0) is 38.1 Å². The summed E-state index contributed by atoms with van der Waals surface area (Å²) in [4.78, 5) is 70.8. The number of ketones is 2. The van der Waals surface area contributed by atoms with Crippen molar-refractivity contribution in [2.24, 2.45) is 17.8 Å². The van der Waals surface area contributed by atoms with Crippen LogP contribution in [0.1, 0.15) is 115 Å². The van der Waals surface area contributed by atoms with Gasteiger partial charge in [-0.15, -0.1) is 0 Å². The van der Waals surface area contributed by atoms with E-state index in [9.17, 15) is 75.0 Å². The molecule has 95 heavy (non-hydrogen) atoms. The number of fused-ring (bicyclic) bond motifs is 2. The van der Waals surface area contributed by atoms with Crippen LogP contribution in [0.4, 0.5) is 5.69 Å². The van der Waals surface area contributed by atoms with Crippen molar-refractivity contribution in [3.63, 3.8) is 0 Å². The number of aliphatic hydroxyl groups excluding tert-OH is 9. The molecule has 25 heteroatoms. The number of carbonyl (C=O) groups excluding carboxylic acids is 5. The topological polar surface area (TPSA) is 379 Å². The molecular formula is C70H108N6O19. The van der Waals surface area contributed by atoms with Gasteiger partial charge in [0.15, 0.2) is 17.9 Å². The summed E-state index contributed by atoms with van der Waals surface area (Å²) in [5.41, 5.74) is 1.30. The van der Waals surface area contributed by atoms with Crippen molar-refractivity contribution >= 4 is 35.0 Å². The van der Waals surface area contributed by atoms with E-state index in [2.05, 4.69) is 21.3 Å². The average Bonchev–Trinajstić information content (AvgIpc) is 0.817. The van der Waals surface area contributed by atoms with Gasteiger partial charge in [-0.25, -0.2) is 0 Å². The standard InChI is InChI=1S/C70H108N6O19/c1-44-20-18-16-14-12-10-8-9-11-13-15-17-19-21-57(93-69-66(89)64(65(88)47(4)92-69)74-61(86)43-76-31-29-72-46(3)42-76)39-60-63(68(90)73-28-30-75(6)7)59(85)41-70(91,95-60)40-56(83)36-54(81)34-52(79)32-51(78)33-53(80)35-55(82)38-62(87)94-67(44)45(2)22-27-50(77)37-58(84)48-23-25-49(71-5)26-24-48/h8-21,23-26,44-47,50-52,54-57,59-60,63-67,69,71-72,77-79,81-83,85,88-89,91H,22,27-43H2,1-7H3,(H,73,90)(H,74,86)/t44?,45?,46?,47-,50?,51?,52?,54?,55?,56?,57?,59?,60?,63?,64+,65-,66+,67?,69+,70?/m1/s1. The van der Waals surface area contributed by atoms with E-state index in [1.54, 1.807) is 117 Å². The Labute approximate surface area is 559 Å². The molecule has 0 radical (unpaired) electrons. The zero-order valence-corrected chi connectivity index (χ0v) is 56.1. The SMILES string of the molecule is CNc1ccc(C(=O)CC(O)CCC(C)C2OC(=O)CC(O)CC(=O)CC(O)CC(O)CC(O)CC(O)CC3(O)CC(O)C(C(=O)NCCN(C)C)C(CC(O[C@@H]4O[C@H](C)[C@@H](O)[C@H](NC(=O)CN5CCNC(C)C5)[C@@H]4O)C=CC=CC=CC=CC=CC=CC=CC2C)O3)cc1. The number of Topliss-reactive ketones (excluding diaryl/α,β-unsaturated/α-hetero) is 2. The average molecular weight is 1340 g/mol. The van der Waals surface area contributed by atoms with E-state index in [1.165, 1.54) is 0 Å². The number of ether oxygens (including phenoxy) is 4. The molecule has 2 amide bonds. The number of carbonyl (C=O) groups is 5. The van der Waals surface area contributed by atoms with Crippen molar-refractivity contribution in [2.45, 2.75) is 208 Å². The Balaban J connectivity index is 1.39. The minimum absolute atomic E-state index is 0.0102. The summed E-state index contributed by atoms with van der Waals surface area (Å²) in [6.45, 7) is 9.80. The Morgan fingerprint density at radius 1 is 0.758 bits per heavy atom. The molecule has 4 heterocycles. The Morgan fingerprint density at radius 2 is 1.36 bits per heavy atom. The molecule has 4 aliphatic rings. The van der Waals surface area contributed by atoms with E-state index in [-0.39, 0.29) is 56.0 Å². The number of likely N-dealkylation sites (N-methyl/N-ethyl adjacent to an activating group) is 1. The van der Waals surface area contributed by atoms with Gasteiger partial charge in [0.25, 0.3) is 0 Å². The highest BCUT2D eigenvalue weighted by Crippen LogP contribution is 2.38. The third-order valence-electron chi connectivity index (χ3n) is 17.3. The molecule has 20 atom stereocenters. The van der Waals surface area contributed by atoms with Gasteiger partial charge in [0.1, 0.15) is 24.1 Å². The summed E-state index contributed by atoms with van der Waals surface area (Å²) in [5, 5.41) is 125. The van der Waals surface area contributed by atoms with Crippen LogP contribution in [0.3, 0.4) is 0 Å². The first-order valence-corrected chi connectivity index (χ1v) is 33.3. The second-order valence-electron chi connectivity index (χ2n) is 26.3. The molecule has 2 bridgehead atoms. The fourth-order valence-electron chi connectivity index (χ4n) is 12.3. The largest absolute Gasteiger partial charge is 0.461 e. The van der Waals surface area contributed by atoms with Gasteiger partial charge < -0.3 is 96.2 Å². The summed E-state index contributed by atoms with van der Waals surface area (Å²) in [6, 6.07) is 5.83. The van der Waals surface area contributed by atoms with Gasteiger partial charge in [-0.1, -0.05) is 98.9 Å². The first kappa shape index (κ1) is 80.0. The van der Waals surface area contributed by atoms with Gasteiger partial charge in [0.2, 0.25) is 11.8 Å². The maximum Gasteiger partial charge on any atom is 0.308 e. The first-order chi connectivity index (χ1) is 45.1. The van der Waals surface area contributed by atoms with E-state index in [0.29, 0.717) is 38.2 Å². The Bertz CT molecular complexity index is 2740. The lowest BCUT2D eigenvalue weighted by Crippen LogP contribution is -2.65. The van der Waals surface area contributed by atoms with Gasteiger partial charge in [0, 0.05) is 102 Å². The smallest absolute Gasteiger partial charge is 0.308 e. The van der Waals surface area contributed by atoms with Gasteiger partial charge in [-0.3, -0.25) is 28.9 Å². The van der Waals surface area contributed by atoms with Crippen molar-refractivity contribution in [3.05, 3.63) is 115 Å². The molecule has 5 rings (SSSR count). The van der Waals surface area contributed by atoms with Crippen LogP contribution in [0.2, 0.25) is 0 Å². The van der Waals surface area contributed by atoms with Crippen LogP contribution >= 0.6 is 0 Å². The molecule has 25 nitrogen and oxygen atoms in total. The number of allylic oxidation sites excluding steroid dienone is 12. The van der Waals surface area contributed by atoms with Gasteiger partial charge in [0.05, 0.1) is 86.0 Å². The van der Waals surface area contributed by atoms with Crippen LogP contribution in [0.15, 0.2) is 109 Å². The number of benzene rings is 1. The van der Waals surface area contributed by atoms with Gasteiger partial charge in [-0.2, -0.15) is 0 Å². The minimum Gasteiger partial charge on any atom is -0.461 e. The summed E-state index contributed by atoms with van der Waals surface area (Å²) in [7, 11) is 5.40. The van der Waals surface area contributed by atoms with E-state index in [4.69, 9.17) is 18.9 Å². The van der Waals surface area contributed by atoms with Crippen molar-refractivity contribution < 1.29 is 94.0 Å². The summed E-state index contributed by atoms with van der Waals surface area (Å²) >= 11 is 0. The molecule has 14 N–H and O–H groups in total. The lowest BCUT2D eigenvalue weighted by Gasteiger charge is -2.46. The quantitative estimate of drug-likeness (QED) is 0.0781. The number of nitrogens with one attached hydrogen (secondary N) is 4. The molecule has 4 aliphatic heterocycles. The lowest BCUT2D eigenvalue weighted by molar-refractivity contribution is -0.307. The second-order valence-corrected chi connectivity index (χ2v) is 26.3. The zero-order valence-electron chi connectivity index (χ0n) is 56.1. The monoisotopic (exact) mass is 1340 g/mol. The molecule has 1 aromatic rings. The second kappa shape index (κ2) is 40.9. The molecule has 0 spiro atoms. The number of esters is 1. The molecule has 0 aromatic heterocycles. The third kappa shape index (κ3) is 28.7. The maximum absolute atomic E-state index is 14.1. The van der Waals surface area contributed by atoms with Crippen molar-refractivity contribution in [1.82, 2.24) is 25.8 Å². The van der Waals surface area contributed by atoms with Gasteiger partial charge in [-0.05, 0) is 90.2 Å². The number of anilines is 1. The maximum atomic E-state index is 14.1. The van der Waals surface area contributed by atoms with Crippen molar-refractivity contribution in [1.29, 1.82) is 0 Å². The van der Waals surface area contributed by atoms with Crippen LogP contribution in [-0.4, -0.2) is 254 Å². The number of nitrogens with zero attached hydrogens (tertiary/aromatic N) is 2. The van der Waals surface area contributed by atoms with Crippen LogP contribution in [0.25, 0.3) is 0 Å². The lowest BCUT2D eigenvalue weighted by atomic mass is 9.82. The number of hydrogen-bond acceptors (Lipinski definition) is 23. The highest BCUT2D eigenvalue weighted by Gasteiger charge is 2.51.